The number of thiophene rings is 1. The zero-order chi connectivity index (χ0) is 12.1. The van der Waals surface area contributed by atoms with Crippen molar-refractivity contribution in [2.24, 2.45) is 0 Å². The molecule has 92 valence electrons. The fraction of sp³-hybridized carbons (Fsp3) is 0.444. The third-order valence-corrected chi connectivity index (χ3v) is 2.59. The highest BCUT2D eigenvalue weighted by Gasteiger charge is 2.06. The third-order valence-electron chi connectivity index (χ3n) is 1.91. The number of hydrogen-bond acceptors (Lipinski definition) is 5. The van der Waals surface area contributed by atoms with Crippen LogP contribution in [0, 0.1) is 0 Å². The molecule has 0 aliphatic rings. The maximum atomic E-state index is 11.8. The van der Waals surface area contributed by atoms with E-state index in [9.17, 15) is 8.78 Å². The molecule has 0 spiro atoms. The normalized spacial score (nSPS) is 11.2. The van der Waals surface area contributed by atoms with Gasteiger partial charge in [0.25, 0.3) is 6.43 Å². The molecule has 2 aromatic heterocycles. The zero-order valence-corrected chi connectivity index (χ0v) is 9.61. The van der Waals surface area contributed by atoms with Crippen LogP contribution in [0.1, 0.15) is 0 Å². The Morgan fingerprint density at radius 1 is 1.47 bits per heavy atom. The van der Waals surface area contributed by atoms with Crippen LogP contribution in [-0.2, 0) is 11.3 Å². The van der Waals surface area contributed by atoms with Gasteiger partial charge >= 0.3 is 0 Å². The van der Waals surface area contributed by atoms with E-state index in [-0.39, 0.29) is 6.61 Å². The molecule has 2 heterocycles. The molecule has 2 aromatic rings. The Kier molecular flexibility index (Phi) is 4.10. The molecule has 0 aliphatic carbocycles. The van der Waals surface area contributed by atoms with Crippen LogP contribution in [0.5, 0.6) is 0 Å². The maximum absolute atomic E-state index is 11.8. The zero-order valence-electron chi connectivity index (χ0n) is 8.79. The molecule has 0 aliphatic heterocycles. The Morgan fingerprint density at radius 2 is 2.35 bits per heavy atom. The number of hydrogen-bond donors (Lipinski definition) is 0. The van der Waals surface area contributed by atoms with Gasteiger partial charge in [0.2, 0.25) is 5.82 Å². The van der Waals surface area contributed by atoms with Gasteiger partial charge in [0.1, 0.15) is 6.61 Å². The van der Waals surface area contributed by atoms with Gasteiger partial charge in [-0.15, -0.1) is 10.2 Å². The number of alkyl halides is 2. The first-order chi connectivity index (χ1) is 8.25. The Hall–Kier alpha value is -1.41. The highest BCUT2D eigenvalue weighted by atomic mass is 32.1. The van der Waals surface area contributed by atoms with Crippen LogP contribution in [0.25, 0.3) is 11.4 Å². The van der Waals surface area contributed by atoms with Crippen molar-refractivity contribution in [3.63, 3.8) is 0 Å². The summed E-state index contributed by atoms with van der Waals surface area (Å²) < 4.78 is 28.3. The fourth-order valence-corrected chi connectivity index (χ4v) is 1.80. The Balaban J connectivity index is 1.83. The van der Waals surface area contributed by atoms with Crippen LogP contribution >= 0.6 is 11.3 Å². The minimum absolute atomic E-state index is 0.143. The summed E-state index contributed by atoms with van der Waals surface area (Å²) in [7, 11) is 0. The van der Waals surface area contributed by atoms with Gasteiger partial charge < -0.3 is 4.74 Å². The first-order valence-corrected chi connectivity index (χ1v) is 5.86. The SMILES string of the molecule is FC(F)COCCn1nnc(-c2ccsc2)n1. The van der Waals surface area contributed by atoms with Crippen molar-refractivity contribution in [1.82, 2.24) is 20.2 Å². The average molecular weight is 260 g/mol. The van der Waals surface area contributed by atoms with Gasteiger partial charge in [-0.3, -0.25) is 0 Å². The number of halogens is 2. The Morgan fingerprint density at radius 3 is 3.06 bits per heavy atom. The molecule has 0 atom stereocenters. The monoisotopic (exact) mass is 260 g/mol. The fourth-order valence-electron chi connectivity index (χ4n) is 1.16. The smallest absolute Gasteiger partial charge is 0.261 e. The van der Waals surface area contributed by atoms with Crippen LogP contribution < -0.4 is 0 Å². The molecule has 17 heavy (non-hydrogen) atoms. The quantitative estimate of drug-likeness (QED) is 0.742. The Bertz CT molecular complexity index is 446. The maximum Gasteiger partial charge on any atom is 0.261 e. The summed E-state index contributed by atoms with van der Waals surface area (Å²) in [6.45, 7) is -0.111. The van der Waals surface area contributed by atoms with Crippen molar-refractivity contribution in [2.45, 2.75) is 13.0 Å². The van der Waals surface area contributed by atoms with Crippen molar-refractivity contribution in [3.05, 3.63) is 16.8 Å². The molecule has 0 radical (unpaired) electrons. The summed E-state index contributed by atoms with van der Waals surface area (Å²) in [5.41, 5.74) is 0.898. The van der Waals surface area contributed by atoms with Gasteiger partial charge in [-0.1, -0.05) is 0 Å². The number of nitrogens with zero attached hydrogens (tertiary/aromatic N) is 4. The number of aromatic nitrogens is 4. The van der Waals surface area contributed by atoms with Crippen molar-refractivity contribution in [1.29, 1.82) is 0 Å². The predicted octanol–water partition coefficient (Wildman–Crippen LogP) is 1.68. The van der Waals surface area contributed by atoms with Gasteiger partial charge in [0, 0.05) is 10.9 Å². The van der Waals surface area contributed by atoms with E-state index in [1.54, 1.807) is 11.3 Å². The van der Waals surface area contributed by atoms with Crippen molar-refractivity contribution < 1.29 is 13.5 Å². The lowest BCUT2D eigenvalue weighted by Crippen LogP contribution is -2.12. The molecule has 0 fully saturated rings. The van der Waals surface area contributed by atoms with Crippen molar-refractivity contribution in [3.8, 4) is 11.4 Å². The largest absolute Gasteiger partial charge is 0.374 e. The molecule has 8 heteroatoms. The summed E-state index contributed by atoms with van der Waals surface area (Å²) in [4.78, 5) is 1.33. The summed E-state index contributed by atoms with van der Waals surface area (Å²) in [6, 6.07) is 1.89. The molecule has 0 saturated heterocycles. The Labute approximate surface area is 100 Å². The number of tetrazole rings is 1. The van der Waals surface area contributed by atoms with Crippen LogP contribution in [0.2, 0.25) is 0 Å². The molecular formula is C9H10F2N4OS. The van der Waals surface area contributed by atoms with Crippen LogP contribution in [0.3, 0.4) is 0 Å². The predicted molar refractivity (Wildman–Crippen MR) is 58.0 cm³/mol. The van der Waals surface area contributed by atoms with Crippen LogP contribution in [0.4, 0.5) is 8.78 Å². The van der Waals surface area contributed by atoms with E-state index in [4.69, 9.17) is 4.74 Å². The number of rotatable bonds is 6. The van der Waals surface area contributed by atoms with E-state index in [2.05, 4.69) is 15.4 Å². The molecule has 0 unspecified atom stereocenters. The van der Waals surface area contributed by atoms with E-state index >= 15 is 0 Å². The first kappa shape index (κ1) is 12.1. The van der Waals surface area contributed by atoms with Crippen molar-refractivity contribution >= 4 is 11.3 Å². The molecule has 5 nitrogen and oxygen atoms in total. The standard InChI is InChI=1S/C9H10F2N4OS/c10-8(11)5-16-3-2-15-13-9(12-14-15)7-1-4-17-6-7/h1,4,6,8H,2-3,5H2. The molecule has 0 N–H and O–H groups in total. The number of ether oxygens (including phenoxy) is 1. The summed E-state index contributed by atoms with van der Waals surface area (Å²) >= 11 is 1.54. The molecule has 2 rings (SSSR count). The second-order valence-electron chi connectivity index (χ2n) is 3.19. The first-order valence-electron chi connectivity index (χ1n) is 4.92. The third kappa shape index (κ3) is 3.53. The van der Waals surface area contributed by atoms with Gasteiger partial charge in [0.05, 0.1) is 13.2 Å². The van der Waals surface area contributed by atoms with Crippen molar-refractivity contribution in [2.75, 3.05) is 13.2 Å². The van der Waals surface area contributed by atoms with Gasteiger partial charge in [-0.2, -0.15) is 16.1 Å². The lowest BCUT2D eigenvalue weighted by molar-refractivity contribution is 0.0129. The van der Waals surface area contributed by atoms with E-state index in [0.717, 1.165) is 5.56 Å². The molecular weight excluding hydrogens is 250 g/mol. The minimum atomic E-state index is -2.44. The van der Waals surface area contributed by atoms with Crippen LogP contribution in [0.15, 0.2) is 16.8 Å². The van der Waals surface area contributed by atoms with Crippen LogP contribution in [-0.4, -0.2) is 39.8 Å². The lowest BCUT2D eigenvalue weighted by atomic mass is 10.3. The van der Waals surface area contributed by atoms with E-state index < -0.39 is 13.0 Å². The second kappa shape index (κ2) is 5.78. The second-order valence-corrected chi connectivity index (χ2v) is 3.97. The van der Waals surface area contributed by atoms with E-state index in [1.165, 1.54) is 4.80 Å². The highest BCUT2D eigenvalue weighted by Crippen LogP contribution is 2.16. The summed E-state index contributed by atoms with van der Waals surface area (Å²) in [5, 5.41) is 15.6. The lowest BCUT2D eigenvalue weighted by Gasteiger charge is -2.01. The molecule has 0 saturated carbocycles. The molecule has 0 amide bonds. The van der Waals surface area contributed by atoms with E-state index in [0.29, 0.717) is 12.4 Å². The average Bonchev–Trinajstić information content (AvgIpc) is 2.94. The van der Waals surface area contributed by atoms with Gasteiger partial charge in [-0.05, 0) is 16.7 Å². The highest BCUT2D eigenvalue weighted by molar-refractivity contribution is 7.08. The van der Waals surface area contributed by atoms with Gasteiger partial charge in [0.15, 0.2) is 0 Å². The molecule has 0 bridgehead atoms. The van der Waals surface area contributed by atoms with Gasteiger partial charge in [-0.25, -0.2) is 8.78 Å². The van der Waals surface area contributed by atoms with E-state index in [1.807, 2.05) is 16.8 Å². The topological polar surface area (TPSA) is 52.8 Å². The minimum Gasteiger partial charge on any atom is -0.374 e. The summed E-state index contributed by atoms with van der Waals surface area (Å²) in [5.74, 6) is 0.528. The molecule has 0 aromatic carbocycles. The summed E-state index contributed by atoms with van der Waals surface area (Å²) in [6.07, 6.45) is -2.44.